The molecule has 0 aliphatic carbocycles. The number of amides is 6. The summed E-state index contributed by atoms with van der Waals surface area (Å²) in [6, 6.07) is 21.8. The van der Waals surface area contributed by atoms with Crippen LogP contribution in [0.3, 0.4) is 0 Å². The first kappa shape index (κ1) is 47.4. The molecule has 64 heavy (non-hydrogen) atoms. The highest BCUT2D eigenvalue weighted by Crippen LogP contribution is 2.49. The number of primary amides is 2. The van der Waals surface area contributed by atoms with E-state index < -0.39 is 59.0 Å². The molecular weight excluding hydrogens is 815 g/mol. The van der Waals surface area contributed by atoms with Crippen LogP contribution in [-0.4, -0.2) is 105 Å². The minimum Gasteiger partial charge on any atom is -0.465 e. The van der Waals surface area contributed by atoms with Crippen molar-refractivity contribution in [2.75, 3.05) is 32.1 Å². The standard InChI is InChI=1S/C49H65N7O8/c1-29(2)32-15-21-37(22-16-32)56-38(33-11-17-35(18-12-33)48(44(50)59)25-9-27-54(48)42(57)40(30(3)4)52(7)46(61)62)23-24-39(56)34-13-19-36(20-14-34)49(45(51)60)26-10-28-55(49)43(58)41(31(5)6)53(8)47(63)64/h11-22,29-31,38-41H,9-10,23-28H2,1-8H3,(H2,50,59)(H2,51,60)(H,61,62)(H,63,64)/t38-,39-,40-,41-,48-,49-/m0/s1. The number of benzene rings is 3. The number of likely N-dealkylation sites (N-methyl/N-ethyl adjacent to an activating group) is 2. The third kappa shape index (κ3) is 8.24. The van der Waals surface area contributed by atoms with Crippen LogP contribution in [-0.2, 0) is 30.3 Å². The molecule has 15 heteroatoms. The number of nitrogens with zero attached hydrogens (tertiary/aromatic N) is 5. The van der Waals surface area contributed by atoms with Gasteiger partial charge in [-0.3, -0.25) is 29.0 Å². The Balaban J connectivity index is 1.35. The zero-order valence-electron chi connectivity index (χ0n) is 38.4. The highest BCUT2D eigenvalue weighted by Gasteiger charge is 2.54. The molecule has 3 aromatic carbocycles. The fourth-order valence-electron chi connectivity index (χ4n) is 10.8. The lowest BCUT2D eigenvalue weighted by Gasteiger charge is -2.41. The fraction of sp³-hybridized carbons (Fsp3) is 0.510. The van der Waals surface area contributed by atoms with Gasteiger partial charge in [-0.25, -0.2) is 9.59 Å². The molecule has 3 fully saturated rings. The molecule has 344 valence electrons. The van der Waals surface area contributed by atoms with Gasteiger partial charge < -0.3 is 36.4 Å². The quantitative estimate of drug-likeness (QED) is 0.134. The maximum absolute atomic E-state index is 14.2. The summed E-state index contributed by atoms with van der Waals surface area (Å²) < 4.78 is 0. The first-order valence-corrected chi connectivity index (χ1v) is 22.4. The highest BCUT2D eigenvalue weighted by atomic mass is 16.4. The molecule has 3 heterocycles. The van der Waals surface area contributed by atoms with E-state index in [4.69, 9.17) is 11.5 Å². The molecule has 0 unspecified atom stereocenters. The van der Waals surface area contributed by atoms with Crippen molar-refractivity contribution in [3.8, 4) is 0 Å². The van der Waals surface area contributed by atoms with E-state index in [-0.39, 0.29) is 37.0 Å². The molecule has 15 nitrogen and oxygen atoms in total. The lowest BCUT2D eigenvalue weighted by Crippen LogP contribution is -2.59. The van der Waals surface area contributed by atoms with Crippen LogP contribution in [0, 0.1) is 11.8 Å². The summed E-state index contributed by atoms with van der Waals surface area (Å²) in [5.41, 5.74) is 14.8. The second-order valence-corrected chi connectivity index (χ2v) is 18.8. The topological polar surface area (TPSA) is 211 Å². The van der Waals surface area contributed by atoms with E-state index in [1.807, 2.05) is 48.5 Å². The van der Waals surface area contributed by atoms with Gasteiger partial charge in [0.2, 0.25) is 23.6 Å². The number of carbonyl (C=O) groups is 6. The van der Waals surface area contributed by atoms with Crippen LogP contribution in [0.5, 0.6) is 0 Å². The van der Waals surface area contributed by atoms with E-state index in [1.165, 1.54) is 29.5 Å². The predicted molar refractivity (Wildman–Crippen MR) is 243 cm³/mol. The van der Waals surface area contributed by atoms with Gasteiger partial charge in [0, 0.05) is 32.9 Å². The maximum atomic E-state index is 14.2. The van der Waals surface area contributed by atoms with Crippen molar-refractivity contribution in [1.82, 2.24) is 19.6 Å². The van der Waals surface area contributed by atoms with E-state index in [0.717, 1.165) is 39.5 Å². The number of anilines is 1. The normalized spacial score (nSPS) is 23.1. The van der Waals surface area contributed by atoms with Gasteiger partial charge in [0.15, 0.2) is 0 Å². The molecule has 6 amide bonds. The second-order valence-electron chi connectivity index (χ2n) is 18.8. The van der Waals surface area contributed by atoms with Crippen molar-refractivity contribution in [3.05, 3.63) is 101 Å². The number of nitrogens with two attached hydrogens (primary N) is 2. The first-order chi connectivity index (χ1) is 30.2. The Morgan fingerprint density at radius 1 is 0.594 bits per heavy atom. The van der Waals surface area contributed by atoms with Crippen LogP contribution >= 0.6 is 0 Å². The summed E-state index contributed by atoms with van der Waals surface area (Å²) in [5.74, 6) is -2.62. The Kier molecular flexibility index (Phi) is 13.7. The van der Waals surface area contributed by atoms with E-state index in [2.05, 4.69) is 43.0 Å². The molecule has 3 aliphatic rings. The Morgan fingerprint density at radius 2 is 0.953 bits per heavy atom. The number of carbonyl (C=O) groups excluding carboxylic acids is 4. The minimum atomic E-state index is -1.45. The number of hydrogen-bond acceptors (Lipinski definition) is 7. The van der Waals surface area contributed by atoms with Gasteiger partial charge in [0.05, 0.1) is 12.1 Å². The average Bonchev–Trinajstić information content (AvgIpc) is 4.02. The Morgan fingerprint density at radius 3 is 1.25 bits per heavy atom. The molecule has 6 atom stereocenters. The summed E-state index contributed by atoms with van der Waals surface area (Å²) >= 11 is 0. The van der Waals surface area contributed by atoms with Crippen LogP contribution in [0.2, 0.25) is 0 Å². The maximum Gasteiger partial charge on any atom is 0.407 e. The summed E-state index contributed by atoms with van der Waals surface area (Å²) in [4.78, 5) is 86.8. The molecule has 0 aromatic heterocycles. The molecule has 3 aliphatic heterocycles. The lowest BCUT2D eigenvalue weighted by atomic mass is 9.84. The van der Waals surface area contributed by atoms with Crippen molar-refractivity contribution >= 4 is 41.5 Å². The van der Waals surface area contributed by atoms with Gasteiger partial charge in [-0.2, -0.15) is 0 Å². The third-order valence-corrected chi connectivity index (χ3v) is 14.1. The Labute approximate surface area is 376 Å². The van der Waals surface area contributed by atoms with Crippen molar-refractivity contribution in [1.29, 1.82) is 0 Å². The average molecular weight is 880 g/mol. The molecule has 0 radical (unpaired) electrons. The zero-order valence-corrected chi connectivity index (χ0v) is 38.4. The summed E-state index contributed by atoms with van der Waals surface area (Å²) in [6.07, 6.45) is 0.757. The molecular formula is C49H65N7O8. The summed E-state index contributed by atoms with van der Waals surface area (Å²) in [6.45, 7) is 11.9. The first-order valence-electron chi connectivity index (χ1n) is 22.4. The molecule has 6 rings (SSSR count). The number of hydrogen-bond donors (Lipinski definition) is 4. The smallest absolute Gasteiger partial charge is 0.407 e. The SMILES string of the molecule is CC(C)c1ccc(N2[C@H](c3ccc([C@]4(C(N)=O)CCCN4C(=O)[C@H](C(C)C)N(C)C(=O)O)cc3)CC[C@H]2c2ccc([C@]3(C(N)=O)CCCN3C(=O)[C@H](C(C)C)N(C)C(=O)O)cc2)cc1. The Hall–Kier alpha value is -6.12. The van der Waals surface area contributed by atoms with Crippen LogP contribution in [0.25, 0.3) is 0 Å². The van der Waals surface area contributed by atoms with Crippen molar-refractivity contribution in [2.45, 2.75) is 121 Å². The van der Waals surface area contributed by atoms with Crippen LogP contribution in [0.1, 0.15) is 126 Å². The van der Waals surface area contributed by atoms with Gasteiger partial charge in [-0.05, 0) is 96.2 Å². The Bertz CT molecular complexity index is 2100. The fourth-order valence-corrected chi connectivity index (χ4v) is 10.8. The molecule has 0 spiro atoms. The van der Waals surface area contributed by atoms with Gasteiger partial charge in [-0.1, -0.05) is 102 Å². The van der Waals surface area contributed by atoms with Crippen molar-refractivity contribution in [2.24, 2.45) is 23.3 Å². The monoisotopic (exact) mass is 879 g/mol. The molecule has 0 saturated carbocycles. The van der Waals surface area contributed by atoms with Gasteiger partial charge >= 0.3 is 12.2 Å². The largest absolute Gasteiger partial charge is 0.465 e. The molecule has 3 saturated heterocycles. The van der Waals surface area contributed by atoms with Gasteiger partial charge in [-0.15, -0.1) is 0 Å². The van der Waals surface area contributed by atoms with E-state index >= 15 is 0 Å². The zero-order chi connectivity index (χ0) is 47.0. The van der Waals surface area contributed by atoms with E-state index in [9.17, 15) is 39.0 Å². The van der Waals surface area contributed by atoms with E-state index in [1.54, 1.807) is 27.7 Å². The minimum absolute atomic E-state index is 0.0943. The van der Waals surface area contributed by atoms with Crippen LogP contribution in [0.15, 0.2) is 72.8 Å². The third-order valence-electron chi connectivity index (χ3n) is 14.1. The summed E-state index contributed by atoms with van der Waals surface area (Å²) in [5, 5.41) is 19.6. The lowest BCUT2D eigenvalue weighted by molar-refractivity contribution is -0.148. The predicted octanol–water partition coefficient (Wildman–Crippen LogP) is 6.77. The highest BCUT2D eigenvalue weighted by molar-refractivity contribution is 5.96. The van der Waals surface area contributed by atoms with Gasteiger partial charge in [0.25, 0.3) is 0 Å². The second kappa shape index (κ2) is 18.5. The van der Waals surface area contributed by atoms with E-state index in [0.29, 0.717) is 42.7 Å². The number of rotatable bonds is 14. The molecule has 6 N–H and O–H groups in total. The van der Waals surface area contributed by atoms with Gasteiger partial charge in [0.1, 0.15) is 23.2 Å². The number of likely N-dealkylation sites (tertiary alicyclic amines) is 2. The van der Waals surface area contributed by atoms with Crippen molar-refractivity contribution in [3.63, 3.8) is 0 Å². The van der Waals surface area contributed by atoms with Crippen LogP contribution in [0.4, 0.5) is 15.3 Å². The number of carboxylic acid groups (broad SMARTS) is 2. The molecule has 3 aromatic rings. The van der Waals surface area contributed by atoms with Crippen LogP contribution < -0.4 is 16.4 Å². The molecule has 0 bridgehead atoms. The van der Waals surface area contributed by atoms with Crippen molar-refractivity contribution < 1.29 is 39.0 Å². The summed E-state index contributed by atoms with van der Waals surface area (Å²) in [7, 11) is 2.73.